The summed E-state index contributed by atoms with van der Waals surface area (Å²) in [6.45, 7) is -0.386. The molecule has 0 aliphatic carbocycles. The number of aliphatic imine (C=N–C) groups is 1. The third-order valence-electron chi connectivity index (χ3n) is 2.78. The van der Waals surface area contributed by atoms with Gasteiger partial charge >= 0.3 is 0 Å². The van der Waals surface area contributed by atoms with Crippen molar-refractivity contribution in [1.29, 1.82) is 0 Å². The summed E-state index contributed by atoms with van der Waals surface area (Å²) in [5.74, 6) is 0.0924. The summed E-state index contributed by atoms with van der Waals surface area (Å²) in [4.78, 5) is 5.26. The van der Waals surface area contributed by atoms with E-state index < -0.39 is 30.7 Å². The fraction of sp³-hybridized carbons (Fsp3) is 0.667. The lowest BCUT2D eigenvalue weighted by molar-refractivity contribution is -0.0593. The quantitative estimate of drug-likeness (QED) is 0.346. The van der Waals surface area contributed by atoms with Gasteiger partial charge in [-0.15, -0.1) is 0 Å². The first-order valence-electron chi connectivity index (χ1n) is 5.22. The van der Waals surface area contributed by atoms with Gasteiger partial charge in [-0.2, -0.15) is 0 Å². The molecule has 2 heterocycles. The first kappa shape index (κ1) is 12.3. The first-order valence-corrected chi connectivity index (χ1v) is 5.22. The van der Waals surface area contributed by atoms with Gasteiger partial charge in [0.05, 0.1) is 6.61 Å². The highest BCUT2D eigenvalue weighted by molar-refractivity contribution is 5.80. The summed E-state index contributed by atoms with van der Waals surface area (Å²) in [6, 6.07) is 0. The van der Waals surface area contributed by atoms with Crippen LogP contribution in [0.1, 0.15) is 0 Å². The number of hydrogen-bond acceptors (Lipinski definition) is 8. The molecule has 0 spiro atoms. The predicted molar refractivity (Wildman–Crippen MR) is 58.3 cm³/mol. The molecule has 96 valence electrons. The Balaban J connectivity index is 2.14. The van der Waals surface area contributed by atoms with Crippen LogP contribution in [-0.2, 0) is 4.74 Å². The van der Waals surface area contributed by atoms with Gasteiger partial charge in [0, 0.05) is 6.20 Å². The average Bonchev–Trinajstić information content (AvgIpc) is 2.57. The van der Waals surface area contributed by atoms with Gasteiger partial charge in [0.2, 0.25) is 0 Å². The molecule has 1 fully saturated rings. The van der Waals surface area contributed by atoms with Crippen LogP contribution in [0.5, 0.6) is 0 Å². The third kappa shape index (κ3) is 2.13. The van der Waals surface area contributed by atoms with Gasteiger partial charge < -0.3 is 31.5 Å². The Morgan fingerprint density at radius 2 is 2.12 bits per heavy atom. The summed E-state index contributed by atoms with van der Waals surface area (Å²) >= 11 is 0. The van der Waals surface area contributed by atoms with Gasteiger partial charge in [-0.05, 0) is 6.08 Å². The van der Waals surface area contributed by atoms with Gasteiger partial charge in [0.1, 0.15) is 24.5 Å². The first-order chi connectivity index (χ1) is 8.04. The Morgan fingerprint density at radius 1 is 1.41 bits per heavy atom. The van der Waals surface area contributed by atoms with Gasteiger partial charge in [0.25, 0.3) is 0 Å². The average molecular weight is 244 g/mol. The zero-order valence-corrected chi connectivity index (χ0v) is 9.05. The molecule has 8 nitrogen and oxygen atoms in total. The lowest BCUT2D eigenvalue weighted by atomic mass is 10.1. The van der Waals surface area contributed by atoms with Crippen molar-refractivity contribution in [1.82, 2.24) is 4.90 Å². The van der Waals surface area contributed by atoms with E-state index in [0.717, 1.165) is 0 Å². The van der Waals surface area contributed by atoms with E-state index in [4.69, 9.17) is 21.3 Å². The molecule has 0 amide bonds. The van der Waals surface area contributed by atoms with Gasteiger partial charge in [-0.3, -0.25) is 4.90 Å². The Bertz CT molecular complexity index is 348. The van der Waals surface area contributed by atoms with Crippen LogP contribution >= 0.6 is 0 Å². The number of aliphatic hydroxyl groups is 3. The number of hydrogen-bond donors (Lipinski definition) is 5. The van der Waals surface area contributed by atoms with Crippen molar-refractivity contribution in [2.24, 2.45) is 16.5 Å². The lowest BCUT2D eigenvalue weighted by Crippen LogP contribution is -2.49. The van der Waals surface area contributed by atoms with Crippen molar-refractivity contribution in [2.75, 3.05) is 6.61 Å². The molecule has 5 atom stereocenters. The Hall–Kier alpha value is -1.19. The smallest absolute Gasteiger partial charge is 0.199 e. The van der Waals surface area contributed by atoms with Crippen LogP contribution in [0.2, 0.25) is 0 Å². The maximum absolute atomic E-state index is 9.79. The van der Waals surface area contributed by atoms with E-state index in [9.17, 15) is 10.2 Å². The van der Waals surface area contributed by atoms with Crippen LogP contribution in [0.25, 0.3) is 0 Å². The summed E-state index contributed by atoms with van der Waals surface area (Å²) in [7, 11) is 0. The summed E-state index contributed by atoms with van der Waals surface area (Å²) in [6.07, 6.45) is -1.48. The fourth-order valence-electron chi connectivity index (χ4n) is 1.84. The minimum absolute atomic E-state index is 0.0924. The second kappa shape index (κ2) is 4.59. The van der Waals surface area contributed by atoms with Crippen molar-refractivity contribution in [2.45, 2.75) is 30.7 Å². The highest BCUT2D eigenvalue weighted by atomic mass is 16.6. The maximum Gasteiger partial charge on any atom is 0.199 e. The molecule has 0 bridgehead atoms. The molecule has 0 aromatic carbocycles. The SMILES string of the molecule is NC1=NC(N)C=CN1C1OC(CO)C(O)C1O. The van der Waals surface area contributed by atoms with Crippen molar-refractivity contribution in [3.63, 3.8) is 0 Å². The number of aliphatic hydroxyl groups excluding tert-OH is 3. The Labute approximate surface area is 97.8 Å². The van der Waals surface area contributed by atoms with E-state index in [1.807, 2.05) is 0 Å². The number of ether oxygens (including phenoxy) is 1. The van der Waals surface area contributed by atoms with Crippen LogP contribution < -0.4 is 11.5 Å². The molecule has 2 aliphatic heterocycles. The van der Waals surface area contributed by atoms with Crippen LogP contribution in [-0.4, -0.2) is 63.5 Å². The standard InChI is InChI=1S/C9H16N4O4/c10-5-1-2-13(9(11)12-5)8-7(16)6(15)4(3-14)17-8/h1-2,4-8,14-16H,3,10H2,(H2,11,12). The molecular weight excluding hydrogens is 228 g/mol. The summed E-state index contributed by atoms with van der Waals surface area (Å²) < 4.78 is 5.30. The van der Waals surface area contributed by atoms with E-state index in [1.165, 1.54) is 11.1 Å². The topological polar surface area (TPSA) is 138 Å². The lowest BCUT2D eigenvalue weighted by Gasteiger charge is -2.30. The normalized spacial score (nSPS) is 41.8. The van der Waals surface area contributed by atoms with Gasteiger partial charge in [0.15, 0.2) is 12.2 Å². The minimum atomic E-state index is -1.18. The molecule has 5 unspecified atom stereocenters. The fourth-order valence-corrected chi connectivity index (χ4v) is 1.84. The second-order valence-corrected chi connectivity index (χ2v) is 3.96. The minimum Gasteiger partial charge on any atom is -0.394 e. The van der Waals surface area contributed by atoms with Gasteiger partial charge in [-0.1, -0.05) is 0 Å². The number of rotatable bonds is 2. The van der Waals surface area contributed by atoms with Crippen LogP contribution in [0.4, 0.5) is 0 Å². The Morgan fingerprint density at radius 3 is 2.65 bits per heavy atom. The Kier molecular flexibility index (Phi) is 3.31. The van der Waals surface area contributed by atoms with Crippen LogP contribution in [0, 0.1) is 0 Å². The molecule has 17 heavy (non-hydrogen) atoms. The highest BCUT2D eigenvalue weighted by Gasteiger charge is 2.45. The molecule has 0 radical (unpaired) electrons. The monoisotopic (exact) mass is 244 g/mol. The maximum atomic E-state index is 9.79. The zero-order chi connectivity index (χ0) is 12.6. The zero-order valence-electron chi connectivity index (χ0n) is 9.05. The van der Waals surface area contributed by atoms with E-state index in [0.29, 0.717) is 0 Å². The van der Waals surface area contributed by atoms with Crippen molar-refractivity contribution < 1.29 is 20.1 Å². The molecule has 2 aliphatic rings. The van der Waals surface area contributed by atoms with E-state index in [2.05, 4.69) is 4.99 Å². The van der Waals surface area contributed by atoms with Crippen LogP contribution in [0.15, 0.2) is 17.3 Å². The molecule has 0 saturated carbocycles. The molecule has 0 aromatic heterocycles. The summed E-state index contributed by atoms with van der Waals surface area (Å²) in [5.41, 5.74) is 11.2. The van der Waals surface area contributed by atoms with Crippen molar-refractivity contribution in [3.05, 3.63) is 12.3 Å². The van der Waals surface area contributed by atoms with E-state index in [1.54, 1.807) is 6.08 Å². The number of nitrogens with zero attached hydrogens (tertiary/aromatic N) is 2. The largest absolute Gasteiger partial charge is 0.394 e. The number of guanidine groups is 1. The highest BCUT2D eigenvalue weighted by Crippen LogP contribution is 2.25. The molecule has 8 heteroatoms. The molecule has 7 N–H and O–H groups in total. The van der Waals surface area contributed by atoms with Crippen molar-refractivity contribution >= 4 is 5.96 Å². The summed E-state index contributed by atoms with van der Waals surface area (Å²) in [5, 5.41) is 28.4. The van der Waals surface area contributed by atoms with E-state index in [-0.39, 0.29) is 12.6 Å². The number of nitrogens with two attached hydrogens (primary N) is 2. The van der Waals surface area contributed by atoms with Gasteiger partial charge in [-0.25, -0.2) is 4.99 Å². The second-order valence-electron chi connectivity index (χ2n) is 3.96. The molecule has 1 saturated heterocycles. The van der Waals surface area contributed by atoms with Crippen molar-refractivity contribution in [3.8, 4) is 0 Å². The van der Waals surface area contributed by atoms with E-state index >= 15 is 0 Å². The predicted octanol–water partition coefficient (Wildman–Crippen LogP) is -3.15. The van der Waals surface area contributed by atoms with Crippen LogP contribution in [0.3, 0.4) is 0 Å². The molecule has 0 aromatic rings. The molecular formula is C9H16N4O4. The third-order valence-corrected chi connectivity index (χ3v) is 2.78. The molecule has 2 rings (SSSR count).